The number of rotatable bonds is 64. The van der Waals surface area contributed by atoms with Crippen LogP contribution in [0.3, 0.4) is 0 Å². The fourth-order valence-electron chi connectivity index (χ4n) is 9.34. The summed E-state index contributed by atoms with van der Waals surface area (Å²) in [6.45, 7) is 4.73. The fourth-order valence-corrected chi connectivity index (χ4v) is 9.34. The number of carboxylic acids is 1. The van der Waals surface area contributed by atoms with E-state index in [9.17, 15) is 19.5 Å². The third kappa shape index (κ3) is 70.2. The van der Waals surface area contributed by atoms with Crippen LogP contribution in [0.15, 0.2) is 158 Å². The minimum atomic E-state index is -1.53. The van der Waals surface area contributed by atoms with Crippen LogP contribution in [0.25, 0.3) is 0 Å². The van der Waals surface area contributed by atoms with Crippen LogP contribution in [0.1, 0.15) is 271 Å². The molecule has 0 saturated carbocycles. The monoisotopic (exact) mass is 1230 g/mol. The summed E-state index contributed by atoms with van der Waals surface area (Å²) in [5, 5.41) is 9.74. The van der Waals surface area contributed by atoms with Crippen molar-refractivity contribution in [3.8, 4) is 0 Å². The van der Waals surface area contributed by atoms with Gasteiger partial charge in [-0.25, -0.2) is 4.79 Å². The maximum Gasteiger partial charge on any atom is 0.361 e. The van der Waals surface area contributed by atoms with Gasteiger partial charge in [0.1, 0.15) is 13.2 Å². The maximum atomic E-state index is 12.9. The number of hydrogen-bond donors (Lipinski definition) is 1. The second kappa shape index (κ2) is 68.8. The molecular formula is C80H132NO8+. The molecule has 2 atom stereocenters. The molecule has 9 nitrogen and oxygen atoms in total. The molecule has 1 N–H and O–H groups in total. The van der Waals surface area contributed by atoms with E-state index in [4.69, 9.17) is 18.9 Å². The molecule has 0 amide bonds. The first-order valence-electron chi connectivity index (χ1n) is 35.6. The molecule has 0 aliphatic carbocycles. The van der Waals surface area contributed by atoms with Crippen LogP contribution < -0.4 is 0 Å². The molecule has 0 saturated heterocycles. The zero-order valence-corrected chi connectivity index (χ0v) is 57.5. The smallest absolute Gasteiger partial charge is 0.361 e. The highest BCUT2D eigenvalue weighted by Crippen LogP contribution is 2.16. The summed E-state index contributed by atoms with van der Waals surface area (Å²) in [6, 6.07) is 0. The summed E-state index contributed by atoms with van der Waals surface area (Å²) in [5.41, 5.74) is 0. The molecule has 0 aromatic carbocycles. The number of esters is 2. The molecule has 0 fully saturated rings. The van der Waals surface area contributed by atoms with Crippen molar-refractivity contribution < 1.29 is 42.9 Å². The molecule has 0 aromatic rings. The molecule has 0 heterocycles. The molecule has 89 heavy (non-hydrogen) atoms. The molecule has 0 aromatic heterocycles. The first-order valence-corrected chi connectivity index (χ1v) is 35.6. The Balaban J connectivity index is 4.23. The molecule has 504 valence electrons. The van der Waals surface area contributed by atoms with Crippen molar-refractivity contribution in [2.75, 3.05) is 47.5 Å². The molecule has 9 heteroatoms. The molecule has 0 bridgehead atoms. The number of allylic oxidation sites excluding steroid dienone is 26. The first-order chi connectivity index (χ1) is 43.6. The van der Waals surface area contributed by atoms with Gasteiger partial charge in [-0.15, -0.1) is 0 Å². The SMILES string of the molecule is CC/C=C\C/C=C\C/C=C\C/C=C\C/C=C\C/C=C\C/C=C\C/C=C\C/C=C\C/C=C\C/C=C\C/C=C\CCCCCCC(=O)OC(COC(=O)CCCCCCCCCCCCC/C=C\CCCCCCCCCC)COC(OCC[N+](C)(C)C)C(=O)O. The Labute approximate surface area is 546 Å². The van der Waals surface area contributed by atoms with E-state index in [1.165, 1.54) is 116 Å². The second-order valence-corrected chi connectivity index (χ2v) is 24.5. The lowest BCUT2D eigenvalue weighted by molar-refractivity contribution is -0.870. The highest BCUT2D eigenvalue weighted by atomic mass is 16.7. The van der Waals surface area contributed by atoms with Gasteiger partial charge in [0.25, 0.3) is 6.29 Å². The third-order valence-corrected chi connectivity index (χ3v) is 14.8. The van der Waals surface area contributed by atoms with Crippen LogP contribution in [0, 0.1) is 0 Å². The van der Waals surface area contributed by atoms with E-state index in [-0.39, 0.29) is 38.6 Å². The van der Waals surface area contributed by atoms with Crippen molar-refractivity contribution in [2.24, 2.45) is 0 Å². The molecule has 0 spiro atoms. The Morgan fingerprint density at radius 1 is 0.348 bits per heavy atom. The number of aliphatic carboxylic acids is 1. The predicted octanol–water partition coefficient (Wildman–Crippen LogP) is 22.5. The fraction of sp³-hybridized carbons (Fsp3) is 0.637. The topological polar surface area (TPSA) is 108 Å². The minimum absolute atomic E-state index is 0.175. The van der Waals surface area contributed by atoms with Gasteiger partial charge >= 0.3 is 17.9 Å². The largest absolute Gasteiger partial charge is 0.477 e. The van der Waals surface area contributed by atoms with Gasteiger partial charge in [-0.1, -0.05) is 287 Å². The second-order valence-electron chi connectivity index (χ2n) is 24.5. The van der Waals surface area contributed by atoms with Gasteiger partial charge in [0.2, 0.25) is 0 Å². The number of carbonyl (C=O) groups is 3. The normalized spacial score (nSPS) is 13.7. The Bertz CT molecular complexity index is 2020. The van der Waals surface area contributed by atoms with Gasteiger partial charge in [-0.05, 0) is 128 Å². The minimum Gasteiger partial charge on any atom is -0.477 e. The van der Waals surface area contributed by atoms with Crippen LogP contribution in [-0.4, -0.2) is 87.4 Å². The van der Waals surface area contributed by atoms with Crippen LogP contribution >= 0.6 is 0 Å². The Morgan fingerprint density at radius 3 is 0.966 bits per heavy atom. The molecule has 0 radical (unpaired) electrons. The third-order valence-electron chi connectivity index (χ3n) is 14.8. The van der Waals surface area contributed by atoms with Gasteiger partial charge in [-0.3, -0.25) is 9.59 Å². The summed E-state index contributed by atoms with van der Waals surface area (Å²) < 4.78 is 22.9. The Kier molecular flexibility index (Phi) is 64.9. The summed E-state index contributed by atoms with van der Waals surface area (Å²) >= 11 is 0. The Hall–Kier alpha value is -5.09. The number of hydrogen-bond acceptors (Lipinski definition) is 7. The summed E-state index contributed by atoms with van der Waals surface area (Å²) in [4.78, 5) is 37.6. The van der Waals surface area contributed by atoms with Crippen LogP contribution in [-0.2, 0) is 33.3 Å². The average Bonchev–Trinajstić information content (AvgIpc) is 3.64. The van der Waals surface area contributed by atoms with Crippen molar-refractivity contribution in [1.82, 2.24) is 0 Å². The van der Waals surface area contributed by atoms with E-state index < -0.39 is 24.3 Å². The zero-order chi connectivity index (χ0) is 64.7. The summed E-state index contributed by atoms with van der Waals surface area (Å²) in [6.07, 6.45) is 99.3. The summed E-state index contributed by atoms with van der Waals surface area (Å²) in [7, 11) is 5.96. The number of unbranched alkanes of at least 4 members (excludes halogenated alkanes) is 23. The first kappa shape index (κ1) is 83.9. The summed E-state index contributed by atoms with van der Waals surface area (Å²) in [5.74, 6) is -2.05. The van der Waals surface area contributed by atoms with Gasteiger partial charge in [0, 0.05) is 12.8 Å². The maximum absolute atomic E-state index is 12.9. The number of carbonyl (C=O) groups excluding carboxylic acids is 2. The predicted molar refractivity (Wildman–Crippen MR) is 382 cm³/mol. The van der Waals surface area contributed by atoms with Crippen molar-refractivity contribution in [2.45, 2.75) is 283 Å². The molecule has 0 aliphatic rings. The van der Waals surface area contributed by atoms with Crippen molar-refractivity contribution in [3.05, 3.63) is 158 Å². The van der Waals surface area contributed by atoms with Gasteiger partial charge in [-0.2, -0.15) is 0 Å². The number of likely N-dealkylation sites (N-methyl/N-ethyl adjacent to an activating group) is 1. The van der Waals surface area contributed by atoms with Gasteiger partial charge in [0.05, 0.1) is 34.4 Å². The van der Waals surface area contributed by atoms with E-state index >= 15 is 0 Å². The van der Waals surface area contributed by atoms with Crippen molar-refractivity contribution in [3.63, 3.8) is 0 Å². The van der Waals surface area contributed by atoms with E-state index in [1.807, 2.05) is 21.1 Å². The molecule has 2 unspecified atom stereocenters. The van der Waals surface area contributed by atoms with Crippen LogP contribution in [0.2, 0.25) is 0 Å². The van der Waals surface area contributed by atoms with Crippen molar-refractivity contribution in [1.29, 1.82) is 0 Å². The molecule has 0 rings (SSSR count). The van der Waals surface area contributed by atoms with Crippen LogP contribution in [0.4, 0.5) is 0 Å². The van der Waals surface area contributed by atoms with E-state index in [0.29, 0.717) is 17.4 Å². The zero-order valence-electron chi connectivity index (χ0n) is 57.5. The number of quaternary nitrogens is 1. The van der Waals surface area contributed by atoms with Gasteiger partial charge < -0.3 is 28.5 Å². The standard InChI is InChI=1S/C80H131NO8/c1-6-8-10-12-14-16-18-20-22-24-26-28-30-31-32-33-34-35-36-37-38-39-40-41-42-43-44-45-46-47-49-51-53-55-57-59-61-63-65-67-69-71-78(83)89-76(75-88-80(79(84)85)86-73-72-81(3,4)5)74-87-77(82)70-68-66-64-62-60-58-56-54-52-50-48-29-27-25-23-21-19-17-15-13-11-9-7-2/h8,10,14,16,20,22,25-28,31-32,34-35,37-38,40-41,43-44,46-47,51,53,57,59,76,80H,6-7,9,11-13,15,17-19,21,23-24,29-30,33,36,39,42,45,48-50,52,54-56,58,60-75H2,1-5H3/p+1/b10-8-,16-14-,22-20-,27-25-,28-26-,32-31-,35-34-,38-37-,41-40-,44-43-,47-46-,53-51-,59-57-. The number of nitrogens with zero attached hydrogens (tertiary/aromatic N) is 1. The van der Waals surface area contributed by atoms with Crippen LogP contribution in [0.5, 0.6) is 0 Å². The number of carboxylic acid groups (broad SMARTS) is 1. The van der Waals surface area contributed by atoms with E-state index in [2.05, 4.69) is 172 Å². The van der Waals surface area contributed by atoms with E-state index in [0.717, 1.165) is 122 Å². The lowest BCUT2D eigenvalue weighted by Gasteiger charge is -2.25. The van der Waals surface area contributed by atoms with Gasteiger partial charge in [0.15, 0.2) is 6.10 Å². The quantitative estimate of drug-likeness (QED) is 0.0211. The lowest BCUT2D eigenvalue weighted by atomic mass is 10.0. The average molecular weight is 1240 g/mol. The lowest BCUT2D eigenvalue weighted by Crippen LogP contribution is -2.40. The highest BCUT2D eigenvalue weighted by Gasteiger charge is 2.25. The Morgan fingerprint density at radius 2 is 0.640 bits per heavy atom. The highest BCUT2D eigenvalue weighted by molar-refractivity contribution is 5.71. The molecular weight excluding hydrogens is 1100 g/mol. The van der Waals surface area contributed by atoms with E-state index in [1.54, 1.807) is 0 Å². The number of ether oxygens (including phenoxy) is 4. The van der Waals surface area contributed by atoms with Crippen molar-refractivity contribution >= 4 is 17.9 Å². The molecule has 0 aliphatic heterocycles.